The molecule has 0 unspecified atom stereocenters. The fourth-order valence-electron chi connectivity index (χ4n) is 2.83. The Balaban J connectivity index is 1.61. The number of nitrogens with one attached hydrogen (secondary N) is 1. The fourth-order valence-corrected chi connectivity index (χ4v) is 4.06. The third-order valence-electron chi connectivity index (χ3n) is 4.41. The predicted octanol–water partition coefficient (Wildman–Crippen LogP) is 1.61. The van der Waals surface area contributed by atoms with Crippen molar-refractivity contribution in [2.24, 2.45) is 0 Å². The fraction of sp³-hybridized carbons (Fsp3) is 0.421. The minimum Gasteiger partial charge on any atom is -0.497 e. The third kappa shape index (κ3) is 5.72. The second-order valence-electron chi connectivity index (χ2n) is 6.31. The average molecular weight is 423 g/mol. The molecule has 1 N–H and O–H groups in total. The highest BCUT2D eigenvalue weighted by molar-refractivity contribution is 7.92. The number of hydrogen-bond donors (Lipinski definition) is 1. The normalized spacial score (nSPS) is 15.0. The van der Waals surface area contributed by atoms with Crippen molar-refractivity contribution in [1.29, 1.82) is 0 Å². The van der Waals surface area contributed by atoms with Gasteiger partial charge in [0.1, 0.15) is 23.0 Å². The molecule has 3 rings (SSSR count). The zero-order chi connectivity index (χ0) is 20.7. The number of benzene rings is 1. The smallest absolute Gasteiger partial charge is 0.265 e. The van der Waals surface area contributed by atoms with Gasteiger partial charge in [0.15, 0.2) is 0 Å². The first kappa shape index (κ1) is 21.2. The first-order valence-corrected chi connectivity index (χ1v) is 10.6. The Hall–Kier alpha value is -2.56. The minimum atomic E-state index is -3.89. The zero-order valence-electron chi connectivity index (χ0n) is 16.5. The molecule has 29 heavy (non-hydrogen) atoms. The van der Waals surface area contributed by atoms with Crippen molar-refractivity contribution in [2.45, 2.75) is 4.90 Å². The molecule has 0 aliphatic carbocycles. The van der Waals surface area contributed by atoms with Crippen molar-refractivity contribution in [3.8, 4) is 17.4 Å². The molecule has 1 aliphatic heterocycles. The summed E-state index contributed by atoms with van der Waals surface area (Å²) in [7, 11) is -1.01. The van der Waals surface area contributed by atoms with Crippen LogP contribution in [0.4, 0.5) is 5.69 Å². The summed E-state index contributed by atoms with van der Waals surface area (Å²) in [5, 5.41) is 0. The maximum absolute atomic E-state index is 12.8. The van der Waals surface area contributed by atoms with Crippen molar-refractivity contribution in [3.63, 3.8) is 0 Å². The standard InChI is InChI=1S/C19H25N3O6S/c1-25-16-4-5-17(26-2)18(13-16)29(23,24)21-15-3-6-19(20-14-15)28-12-9-22-7-10-27-11-8-22/h3-6,13-14,21H,7-12H2,1-2H3. The summed E-state index contributed by atoms with van der Waals surface area (Å²) < 4.78 is 49.2. The van der Waals surface area contributed by atoms with E-state index in [1.54, 1.807) is 18.2 Å². The molecule has 1 aliphatic rings. The van der Waals surface area contributed by atoms with Crippen molar-refractivity contribution < 1.29 is 27.4 Å². The summed E-state index contributed by atoms with van der Waals surface area (Å²) in [6, 6.07) is 7.79. The van der Waals surface area contributed by atoms with Crippen molar-refractivity contribution in [1.82, 2.24) is 9.88 Å². The maximum Gasteiger partial charge on any atom is 0.265 e. The van der Waals surface area contributed by atoms with E-state index < -0.39 is 10.0 Å². The van der Waals surface area contributed by atoms with E-state index in [-0.39, 0.29) is 10.6 Å². The molecule has 2 aromatic rings. The molecular formula is C19H25N3O6S. The number of ether oxygens (including phenoxy) is 4. The van der Waals surface area contributed by atoms with Crippen molar-refractivity contribution in [3.05, 3.63) is 36.5 Å². The molecule has 1 aromatic heterocycles. The first-order chi connectivity index (χ1) is 14.0. The molecule has 0 radical (unpaired) electrons. The number of sulfonamides is 1. The molecule has 0 spiro atoms. The molecule has 158 valence electrons. The molecule has 1 fully saturated rings. The van der Waals surface area contributed by atoms with Crippen LogP contribution in [0.15, 0.2) is 41.4 Å². The lowest BCUT2D eigenvalue weighted by atomic mass is 10.3. The predicted molar refractivity (Wildman–Crippen MR) is 107 cm³/mol. The van der Waals surface area contributed by atoms with Gasteiger partial charge in [-0.05, 0) is 18.2 Å². The molecular weight excluding hydrogens is 398 g/mol. The van der Waals surface area contributed by atoms with E-state index in [1.807, 2.05) is 0 Å². The summed E-state index contributed by atoms with van der Waals surface area (Å²) >= 11 is 0. The van der Waals surface area contributed by atoms with Crippen molar-refractivity contribution >= 4 is 15.7 Å². The van der Waals surface area contributed by atoms with Crippen LogP contribution in [-0.4, -0.2) is 72.0 Å². The summed E-state index contributed by atoms with van der Waals surface area (Å²) in [4.78, 5) is 6.40. The van der Waals surface area contributed by atoms with Crippen LogP contribution in [0.25, 0.3) is 0 Å². The monoisotopic (exact) mass is 423 g/mol. The van der Waals surface area contributed by atoms with Gasteiger partial charge in [0.2, 0.25) is 5.88 Å². The second kappa shape index (κ2) is 9.77. The number of nitrogens with zero attached hydrogens (tertiary/aromatic N) is 2. The summed E-state index contributed by atoms with van der Waals surface area (Å²) in [6.45, 7) is 4.56. The number of pyridine rings is 1. The molecule has 0 bridgehead atoms. The van der Waals surface area contributed by atoms with E-state index in [9.17, 15) is 8.42 Å². The lowest BCUT2D eigenvalue weighted by molar-refractivity contribution is 0.0320. The third-order valence-corrected chi connectivity index (χ3v) is 5.81. The van der Waals surface area contributed by atoms with Gasteiger partial charge >= 0.3 is 0 Å². The number of hydrogen-bond acceptors (Lipinski definition) is 8. The Morgan fingerprint density at radius 1 is 1.14 bits per heavy atom. The van der Waals surface area contributed by atoms with Gasteiger partial charge in [0.25, 0.3) is 10.0 Å². The van der Waals surface area contributed by atoms with Gasteiger partial charge in [-0.3, -0.25) is 9.62 Å². The van der Waals surface area contributed by atoms with Gasteiger partial charge in [0, 0.05) is 31.8 Å². The van der Waals surface area contributed by atoms with Gasteiger partial charge in [-0.15, -0.1) is 0 Å². The molecule has 10 heteroatoms. The van der Waals surface area contributed by atoms with E-state index in [1.165, 1.54) is 32.5 Å². The largest absolute Gasteiger partial charge is 0.497 e. The van der Waals surface area contributed by atoms with Gasteiger partial charge in [-0.1, -0.05) is 0 Å². The first-order valence-electron chi connectivity index (χ1n) is 9.15. The Bertz CT molecular complexity index is 899. The Kier molecular flexibility index (Phi) is 7.13. The highest BCUT2D eigenvalue weighted by atomic mass is 32.2. The van der Waals surface area contributed by atoms with Crippen LogP contribution in [0.5, 0.6) is 17.4 Å². The van der Waals surface area contributed by atoms with E-state index in [0.29, 0.717) is 23.9 Å². The Morgan fingerprint density at radius 2 is 1.93 bits per heavy atom. The number of morpholine rings is 1. The number of aromatic nitrogens is 1. The molecule has 0 saturated carbocycles. The quantitative estimate of drug-likeness (QED) is 0.650. The van der Waals surface area contributed by atoms with Crippen LogP contribution in [0.2, 0.25) is 0 Å². The van der Waals surface area contributed by atoms with E-state index in [0.717, 1.165) is 32.8 Å². The van der Waals surface area contributed by atoms with Gasteiger partial charge < -0.3 is 18.9 Å². The van der Waals surface area contributed by atoms with E-state index in [4.69, 9.17) is 18.9 Å². The van der Waals surface area contributed by atoms with Crippen LogP contribution < -0.4 is 18.9 Å². The zero-order valence-corrected chi connectivity index (χ0v) is 17.3. The Morgan fingerprint density at radius 3 is 2.59 bits per heavy atom. The molecule has 2 heterocycles. The summed E-state index contributed by atoms with van der Waals surface area (Å²) in [5.74, 6) is 1.06. The van der Waals surface area contributed by atoms with Gasteiger partial charge in [-0.25, -0.2) is 13.4 Å². The van der Waals surface area contributed by atoms with Gasteiger partial charge in [0.05, 0.1) is 39.3 Å². The molecule has 9 nitrogen and oxygen atoms in total. The maximum atomic E-state index is 12.8. The van der Waals surface area contributed by atoms with E-state index in [2.05, 4.69) is 14.6 Å². The lowest BCUT2D eigenvalue weighted by Crippen LogP contribution is -2.38. The molecule has 0 amide bonds. The molecule has 1 saturated heterocycles. The Labute approximate surface area is 170 Å². The van der Waals surface area contributed by atoms with E-state index >= 15 is 0 Å². The summed E-state index contributed by atoms with van der Waals surface area (Å²) in [5.41, 5.74) is 0.315. The lowest BCUT2D eigenvalue weighted by Gasteiger charge is -2.26. The van der Waals surface area contributed by atoms with Crippen LogP contribution in [0.1, 0.15) is 0 Å². The number of methoxy groups -OCH3 is 2. The topological polar surface area (TPSA) is 99.2 Å². The minimum absolute atomic E-state index is 0.0230. The highest BCUT2D eigenvalue weighted by Crippen LogP contribution is 2.29. The average Bonchev–Trinajstić information content (AvgIpc) is 2.75. The van der Waals surface area contributed by atoms with Crippen molar-refractivity contribution in [2.75, 3.05) is 58.4 Å². The van der Waals surface area contributed by atoms with Crippen LogP contribution in [-0.2, 0) is 14.8 Å². The summed E-state index contributed by atoms with van der Waals surface area (Å²) in [6.07, 6.45) is 1.41. The number of anilines is 1. The molecule has 1 aromatic carbocycles. The van der Waals surface area contributed by atoms with Crippen LogP contribution in [0, 0.1) is 0 Å². The second-order valence-corrected chi connectivity index (χ2v) is 7.96. The SMILES string of the molecule is COc1ccc(OC)c(S(=O)(=O)Nc2ccc(OCCN3CCOCC3)nc2)c1. The van der Waals surface area contributed by atoms with Crippen LogP contribution in [0.3, 0.4) is 0 Å². The highest BCUT2D eigenvalue weighted by Gasteiger charge is 2.21. The van der Waals surface area contributed by atoms with Gasteiger partial charge in [-0.2, -0.15) is 0 Å². The molecule has 0 atom stereocenters. The number of rotatable bonds is 9. The van der Waals surface area contributed by atoms with Crippen LogP contribution >= 0.6 is 0 Å².